The summed E-state index contributed by atoms with van der Waals surface area (Å²) in [4.78, 5) is 0. The molecule has 0 unspecified atom stereocenters. The smallest absolute Gasteiger partial charge is 0.203 e. The Morgan fingerprint density at radius 2 is 2.20 bits per heavy atom. The number of hydrogen-bond donors (Lipinski definition) is 1. The number of nitrogens with zero attached hydrogens (tertiary/aromatic N) is 4. The molecule has 0 atom stereocenters. The Bertz CT molecular complexity index is 433. The molecular formula is C8H10ClN5S. The Labute approximate surface area is 95.9 Å². The first-order chi connectivity index (χ1) is 7.00. The molecule has 0 radical (unpaired) electrons. The van der Waals surface area contributed by atoms with E-state index in [9.17, 15) is 0 Å². The predicted octanol–water partition coefficient (Wildman–Crippen LogP) is 1.75. The highest BCUT2D eigenvalue weighted by molar-refractivity contribution is 7.15. The third kappa shape index (κ3) is 1.82. The first kappa shape index (κ1) is 10.4. The fourth-order valence-electron chi connectivity index (χ4n) is 1.19. The predicted molar refractivity (Wildman–Crippen MR) is 60.0 cm³/mol. The molecule has 15 heavy (non-hydrogen) atoms. The van der Waals surface area contributed by atoms with Gasteiger partial charge < -0.3 is 5.73 Å². The van der Waals surface area contributed by atoms with Gasteiger partial charge in [0.1, 0.15) is 10.5 Å². The van der Waals surface area contributed by atoms with Crippen LogP contribution in [0.1, 0.15) is 18.9 Å². The molecule has 0 saturated carbocycles. The number of nitrogens with two attached hydrogens (primary N) is 1. The lowest BCUT2D eigenvalue weighted by Crippen LogP contribution is -2.28. The van der Waals surface area contributed by atoms with Crippen molar-refractivity contribution in [3.8, 4) is 0 Å². The van der Waals surface area contributed by atoms with Gasteiger partial charge in [-0.25, -0.2) is 0 Å². The van der Waals surface area contributed by atoms with E-state index in [0.717, 1.165) is 5.01 Å². The highest BCUT2D eigenvalue weighted by atomic mass is 35.5. The van der Waals surface area contributed by atoms with Gasteiger partial charge in [-0.1, -0.05) is 22.9 Å². The third-order valence-corrected chi connectivity index (χ3v) is 3.35. The topological polar surface area (TPSA) is 69.6 Å². The van der Waals surface area contributed by atoms with Crippen LogP contribution in [0.2, 0.25) is 5.02 Å². The highest BCUT2D eigenvalue weighted by Gasteiger charge is 2.28. The molecule has 0 amide bonds. The quantitative estimate of drug-likeness (QED) is 0.873. The molecule has 2 heterocycles. The van der Waals surface area contributed by atoms with Gasteiger partial charge >= 0.3 is 0 Å². The number of hydrogen-bond acceptors (Lipinski definition) is 5. The summed E-state index contributed by atoms with van der Waals surface area (Å²) in [6.45, 7) is 3.96. The molecule has 2 rings (SSSR count). The minimum Gasteiger partial charge on any atom is -0.374 e. The van der Waals surface area contributed by atoms with Crippen LogP contribution in [0.15, 0.2) is 12.4 Å². The monoisotopic (exact) mass is 243 g/mol. The standard InChI is InChI=1S/C8H10ClN5S/c1-8(2,6-12-13-7(10)15-6)14-4-5(9)3-11-14/h3-4H,1-2H3,(H2,10,13). The average Bonchev–Trinajstić information content (AvgIpc) is 2.74. The molecular weight excluding hydrogens is 234 g/mol. The fraction of sp³-hybridized carbons (Fsp3) is 0.375. The second-order valence-corrected chi connectivity index (χ2v) is 5.05. The summed E-state index contributed by atoms with van der Waals surface area (Å²) in [5.41, 5.74) is 5.16. The lowest BCUT2D eigenvalue weighted by atomic mass is 10.1. The SMILES string of the molecule is CC(C)(c1nnc(N)s1)n1cc(Cl)cn1. The first-order valence-corrected chi connectivity index (χ1v) is 5.49. The molecule has 0 fully saturated rings. The number of halogens is 1. The lowest BCUT2D eigenvalue weighted by molar-refractivity contribution is 0.386. The van der Waals surface area contributed by atoms with Crippen LogP contribution in [0, 0.1) is 0 Å². The Morgan fingerprint density at radius 3 is 2.67 bits per heavy atom. The van der Waals surface area contributed by atoms with Crippen LogP contribution in [0.5, 0.6) is 0 Å². The van der Waals surface area contributed by atoms with Crippen molar-refractivity contribution in [1.29, 1.82) is 0 Å². The molecule has 2 aromatic rings. The van der Waals surface area contributed by atoms with Crippen molar-refractivity contribution < 1.29 is 0 Å². The van der Waals surface area contributed by atoms with Crippen LogP contribution in [0.3, 0.4) is 0 Å². The second-order valence-electron chi connectivity index (χ2n) is 3.61. The van der Waals surface area contributed by atoms with Crippen molar-refractivity contribution in [2.45, 2.75) is 19.4 Å². The van der Waals surface area contributed by atoms with Crippen LogP contribution in [-0.2, 0) is 5.54 Å². The normalized spacial score (nSPS) is 11.9. The minimum absolute atomic E-state index is 0.386. The maximum absolute atomic E-state index is 5.82. The van der Waals surface area contributed by atoms with Crippen molar-refractivity contribution in [3.63, 3.8) is 0 Å². The van der Waals surface area contributed by atoms with E-state index in [4.69, 9.17) is 17.3 Å². The van der Waals surface area contributed by atoms with Crippen LogP contribution >= 0.6 is 22.9 Å². The van der Waals surface area contributed by atoms with E-state index >= 15 is 0 Å². The van der Waals surface area contributed by atoms with Gasteiger partial charge in [-0.3, -0.25) is 4.68 Å². The summed E-state index contributed by atoms with van der Waals surface area (Å²) < 4.78 is 1.75. The van der Waals surface area contributed by atoms with Gasteiger partial charge in [-0.2, -0.15) is 5.10 Å². The van der Waals surface area contributed by atoms with Gasteiger partial charge in [0, 0.05) is 6.20 Å². The first-order valence-electron chi connectivity index (χ1n) is 4.30. The summed E-state index contributed by atoms with van der Waals surface area (Å²) in [6, 6.07) is 0. The number of nitrogen functional groups attached to an aromatic ring is 1. The molecule has 0 aliphatic rings. The van der Waals surface area contributed by atoms with Gasteiger partial charge in [0.05, 0.1) is 11.2 Å². The van der Waals surface area contributed by atoms with Crippen molar-refractivity contribution in [2.24, 2.45) is 0 Å². The van der Waals surface area contributed by atoms with E-state index in [1.807, 2.05) is 13.8 Å². The van der Waals surface area contributed by atoms with E-state index in [1.54, 1.807) is 17.1 Å². The Kier molecular flexibility index (Phi) is 2.40. The third-order valence-electron chi connectivity index (χ3n) is 2.09. The summed E-state index contributed by atoms with van der Waals surface area (Å²) in [7, 11) is 0. The van der Waals surface area contributed by atoms with Gasteiger partial charge in [-0.05, 0) is 13.8 Å². The number of anilines is 1. The minimum atomic E-state index is -0.386. The van der Waals surface area contributed by atoms with Crippen molar-refractivity contribution >= 4 is 28.1 Å². The average molecular weight is 244 g/mol. The van der Waals surface area contributed by atoms with E-state index < -0.39 is 0 Å². The van der Waals surface area contributed by atoms with Gasteiger partial charge in [0.2, 0.25) is 5.13 Å². The van der Waals surface area contributed by atoms with E-state index in [0.29, 0.717) is 10.2 Å². The van der Waals surface area contributed by atoms with Crippen LogP contribution in [0.25, 0.3) is 0 Å². The zero-order valence-electron chi connectivity index (χ0n) is 8.31. The zero-order chi connectivity index (χ0) is 11.1. The molecule has 0 spiro atoms. The van der Waals surface area contributed by atoms with Gasteiger partial charge in [0.25, 0.3) is 0 Å². The van der Waals surface area contributed by atoms with E-state index in [1.165, 1.54) is 11.3 Å². The van der Waals surface area contributed by atoms with Crippen molar-refractivity contribution in [2.75, 3.05) is 5.73 Å². The Morgan fingerprint density at radius 1 is 1.47 bits per heavy atom. The summed E-state index contributed by atoms with van der Waals surface area (Å²) in [5.74, 6) is 0. The van der Waals surface area contributed by atoms with Gasteiger partial charge in [-0.15, -0.1) is 10.2 Å². The maximum Gasteiger partial charge on any atom is 0.203 e. The zero-order valence-corrected chi connectivity index (χ0v) is 9.88. The summed E-state index contributed by atoms with van der Waals surface area (Å²) in [6.07, 6.45) is 3.34. The van der Waals surface area contributed by atoms with Gasteiger partial charge in [0.15, 0.2) is 0 Å². The molecule has 0 aliphatic heterocycles. The fourth-order valence-corrected chi connectivity index (χ4v) is 2.03. The molecule has 0 bridgehead atoms. The second kappa shape index (κ2) is 3.46. The number of rotatable bonds is 2. The molecule has 0 aromatic carbocycles. The van der Waals surface area contributed by atoms with Crippen LogP contribution in [0.4, 0.5) is 5.13 Å². The van der Waals surface area contributed by atoms with Crippen LogP contribution in [-0.4, -0.2) is 20.0 Å². The lowest BCUT2D eigenvalue weighted by Gasteiger charge is -2.21. The summed E-state index contributed by atoms with van der Waals surface area (Å²) >= 11 is 7.17. The number of aromatic nitrogens is 4. The molecule has 0 aliphatic carbocycles. The molecule has 2 aromatic heterocycles. The van der Waals surface area contributed by atoms with Crippen LogP contribution < -0.4 is 5.73 Å². The molecule has 2 N–H and O–H groups in total. The van der Waals surface area contributed by atoms with E-state index in [-0.39, 0.29) is 5.54 Å². The molecule has 7 heteroatoms. The molecule has 80 valence electrons. The van der Waals surface area contributed by atoms with Crippen molar-refractivity contribution in [3.05, 3.63) is 22.4 Å². The largest absolute Gasteiger partial charge is 0.374 e. The maximum atomic E-state index is 5.82. The molecule has 0 saturated heterocycles. The Balaban J connectivity index is 2.42. The summed E-state index contributed by atoms with van der Waals surface area (Å²) in [5, 5.41) is 13.8. The van der Waals surface area contributed by atoms with Crippen molar-refractivity contribution in [1.82, 2.24) is 20.0 Å². The van der Waals surface area contributed by atoms with E-state index in [2.05, 4.69) is 15.3 Å². The highest BCUT2D eigenvalue weighted by Crippen LogP contribution is 2.29. The Hall–Kier alpha value is -1.14. The molecule has 5 nitrogen and oxygen atoms in total.